The highest BCUT2D eigenvalue weighted by Crippen LogP contribution is 2.39. The summed E-state index contributed by atoms with van der Waals surface area (Å²) in [5, 5.41) is 7.47. The van der Waals surface area contributed by atoms with Crippen molar-refractivity contribution < 1.29 is 0 Å². The van der Waals surface area contributed by atoms with E-state index in [1.165, 1.54) is 38.6 Å². The Bertz CT molecular complexity index is 2820. The van der Waals surface area contributed by atoms with Crippen LogP contribution in [0.15, 0.2) is 224 Å². The van der Waals surface area contributed by atoms with Gasteiger partial charge < -0.3 is 4.90 Å². The molecule has 0 bridgehead atoms. The highest BCUT2D eigenvalue weighted by Gasteiger charge is 2.16. The van der Waals surface area contributed by atoms with Crippen LogP contribution in [0.25, 0.3) is 72.2 Å². The van der Waals surface area contributed by atoms with E-state index in [2.05, 4.69) is 228 Å². The van der Waals surface area contributed by atoms with Gasteiger partial charge in [0.25, 0.3) is 0 Å². The molecule has 2 heterocycles. The van der Waals surface area contributed by atoms with E-state index < -0.39 is 0 Å². The van der Waals surface area contributed by atoms with E-state index in [1.807, 2.05) is 6.07 Å². The highest BCUT2D eigenvalue weighted by molar-refractivity contribution is 6.01. The zero-order chi connectivity index (χ0) is 37.3. The maximum atomic E-state index is 5.12. The van der Waals surface area contributed by atoms with Gasteiger partial charge in [-0.1, -0.05) is 170 Å². The molecule has 2 aromatic heterocycles. The molecule has 0 amide bonds. The average Bonchev–Trinajstić information content (AvgIpc) is 3.74. The molecule has 0 aliphatic carbocycles. The van der Waals surface area contributed by atoms with Crippen LogP contribution in [-0.2, 0) is 0 Å². The highest BCUT2D eigenvalue weighted by atomic mass is 15.2. The fourth-order valence-electron chi connectivity index (χ4n) is 7.74. The summed E-state index contributed by atoms with van der Waals surface area (Å²) in [6.45, 7) is 0. The zero-order valence-electron chi connectivity index (χ0n) is 30.7. The van der Waals surface area contributed by atoms with Crippen LogP contribution < -0.4 is 4.90 Å². The molecule has 0 spiro atoms. The molecule has 0 N–H and O–H groups in total. The number of aromatic nitrogens is 2. The van der Waals surface area contributed by atoms with Crippen LogP contribution >= 0.6 is 0 Å². The molecule has 0 aliphatic heterocycles. The van der Waals surface area contributed by atoms with Crippen molar-refractivity contribution in [1.82, 2.24) is 9.61 Å². The second kappa shape index (κ2) is 14.4. The van der Waals surface area contributed by atoms with E-state index in [1.54, 1.807) is 0 Å². The largest absolute Gasteiger partial charge is 0.311 e. The molecule has 0 atom stereocenters. The normalized spacial score (nSPS) is 11.2. The van der Waals surface area contributed by atoms with Crippen LogP contribution in [0.1, 0.15) is 0 Å². The van der Waals surface area contributed by atoms with Gasteiger partial charge in [-0.05, 0) is 93.4 Å². The van der Waals surface area contributed by atoms with E-state index in [-0.39, 0.29) is 0 Å². The van der Waals surface area contributed by atoms with Gasteiger partial charge in [-0.2, -0.15) is 5.10 Å². The first-order chi connectivity index (χ1) is 27.7. The standard InChI is InChI=1S/C53H37N3/c1-5-13-38(14-6-1)40-21-28-47(29-22-40)55(48-30-23-41(24-31-48)39-15-7-2-8-16-39)49-32-25-42(26-33-49)45-27-34-50-46(35-45)36-52(44-19-11-4-12-20-44)56-53(50)37-51(54-56)43-17-9-3-10-18-43/h1-37H. The summed E-state index contributed by atoms with van der Waals surface area (Å²) in [6, 6.07) is 80.0. The predicted octanol–water partition coefficient (Wildman–Crippen LogP) is 14.3. The second-order valence-corrected chi connectivity index (χ2v) is 14.1. The van der Waals surface area contributed by atoms with Crippen molar-refractivity contribution in [3.8, 4) is 55.9 Å². The van der Waals surface area contributed by atoms with Crippen LogP contribution in [0.4, 0.5) is 17.1 Å². The van der Waals surface area contributed by atoms with E-state index >= 15 is 0 Å². The Morgan fingerprint density at radius 3 is 1.20 bits per heavy atom. The zero-order valence-corrected chi connectivity index (χ0v) is 30.7. The maximum Gasteiger partial charge on any atom is 0.0934 e. The van der Waals surface area contributed by atoms with Gasteiger partial charge in [-0.3, -0.25) is 0 Å². The SMILES string of the molecule is c1ccc(-c2ccc(N(c3ccc(-c4ccccc4)cc3)c3ccc(-c4ccc5c(c4)cc(-c4ccccc4)n4nc(-c6ccccc6)cc54)cc3)cc2)cc1. The second-order valence-electron chi connectivity index (χ2n) is 14.1. The molecule has 10 aromatic rings. The minimum absolute atomic E-state index is 0.962. The predicted molar refractivity (Wildman–Crippen MR) is 235 cm³/mol. The molecule has 264 valence electrons. The molecule has 0 radical (unpaired) electrons. The van der Waals surface area contributed by atoms with Gasteiger partial charge >= 0.3 is 0 Å². The van der Waals surface area contributed by atoms with Crippen molar-refractivity contribution in [2.45, 2.75) is 0 Å². The molecular formula is C53H37N3. The van der Waals surface area contributed by atoms with Crippen LogP contribution in [0.3, 0.4) is 0 Å². The molecular weight excluding hydrogens is 679 g/mol. The number of benzene rings is 8. The molecule has 0 fully saturated rings. The lowest BCUT2D eigenvalue weighted by Gasteiger charge is -2.26. The molecule has 56 heavy (non-hydrogen) atoms. The van der Waals surface area contributed by atoms with E-state index in [4.69, 9.17) is 5.10 Å². The lowest BCUT2D eigenvalue weighted by Crippen LogP contribution is -2.09. The molecule has 0 saturated heterocycles. The lowest BCUT2D eigenvalue weighted by molar-refractivity contribution is 0.979. The van der Waals surface area contributed by atoms with Crippen molar-refractivity contribution in [1.29, 1.82) is 0 Å². The Balaban J connectivity index is 1.04. The number of nitrogens with zero attached hydrogens (tertiary/aromatic N) is 3. The topological polar surface area (TPSA) is 20.5 Å². The van der Waals surface area contributed by atoms with Gasteiger partial charge in [0.1, 0.15) is 0 Å². The Kier molecular flexibility index (Phi) is 8.51. The monoisotopic (exact) mass is 715 g/mol. The van der Waals surface area contributed by atoms with Crippen molar-refractivity contribution in [2.75, 3.05) is 4.90 Å². The lowest BCUT2D eigenvalue weighted by atomic mass is 9.99. The summed E-state index contributed by atoms with van der Waals surface area (Å²) < 4.78 is 2.10. The van der Waals surface area contributed by atoms with E-state index in [0.717, 1.165) is 50.7 Å². The van der Waals surface area contributed by atoms with Crippen molar-refractivity contribution in [2.24, 2.45) is 0 Å². The van der Waals surface area contributed by atoms with E-state index in [0.29, 0.717) is 0 Å². The minimum Gasteiger partial charge on any atom is -0.311 e. The molecule has 0 unspecified atom stereocenters. The van der Waals surface area contributed by atoms with Gasteiger partial charge in [-0.15, -0.1) is 0 Å². The molecule has 0 aliphatic rings. The number of rotatable bonds is 8. The molecule has 3 nitrogen and oxygen atoms in total. The number of anilines is 3. The molecule has 10 rings (SSSR count). The molecule has 0 saturated carbocycles. The first kappa shape index (κ1) is 33.1. The summed E-state index contributed by atoms with van der Waals surface area (Å²) in [7, 11) is 0. The smallest absolute Gasteiger partial charge is 0.0934 e. The Morgan fingerprint density at radius 1 is 0.321 bits per heavy atom. The fourth-order valence-corrected chi connectivity index (χ4v) is 7.74. The van der Waals surface area contributed by atoms with Crippen molar-refractivity contribution in [3.05, 3.63) is 224 Å². The van der Waals surface area contributed by atoms with Gasteiger partial charge in [0.05, 0.1) is 16.9 Å². The summed E-state index contributed by atoms with van der Waals surface area (Å²) in [5.74, 6) is 0. The van der Waals surface area contributed by atoms with Crippen molar-refractivity contribution in [3.63, 3.8) is 0 Å². The summed E-state index contributed by atoms with van der Waals surface area (Å²) in [5.41, 5.74) is 15.8. The number of hydrogen-bond acceptors (Lipinski definition) is 2. The first-order valence-electron chi connectivity index (χ1n) is 19.0. The Morgan fingerprint density at radius 2 is 0.714 bits per heavy atom. The Labute approximate surface area is 327 Å². The maximum absolute atomic E-state index is 5.12. The third-order valence-corrected chi connectivity index (χ3v) is 10.6. The van der Waals surface area contributed by atoms with Crippen LogP contribution in [-0.4, -0.2) is 9.61 Å². The third kappa shape index (κ3) is 6.31. The van der Waals surface area contributed by atoms with Crippen molar-refractivity contribution >= 4 is 33.4 Å². The van der Waals surface area contributed by atoms with Gasteiger partial charge in [0.15, 0.2) is 0 Å². The van der Waals surface area contributed by atoms with Crippen LogP contribution in [0.2, 0.25) is 0 Å². The minimum atomic E-state index is 0.962. The number of fused-ring (bicyclic) bond motifs is 3. The van der Waals surface area contributed by atoms with Gasteiger partial charge in [0.2, 0.25) is 0 Å². The molecule has 8 aromatic carbocycles. The Hall–Kier alpha value is -7.49. The number of pyridine rings is 1. The van der Waals surface area contributed by atoms with Crippen LogP contribution in [0, 0.1) is 0 Å². The van der Waals surface area contributed by atoms with Gasteiger partial charge in [0, 0.05) is 33.6 Å². The first-order valence-corrected chi connectivity index (χ1v) is 19.0. The summed E-state index contributed by atoms with van der Waals surface area (Å²) in [4.78, 5) is 2.33. The quantitative estimate of drug-likeness (QED) is 0.156. The average molecular weight is 716 g/mol. The molecule has 3 heteroatoms. The summed E-state index contributed by atoms with van der Waals surface area (Å²) >= 11 is 0. The van der Waals surface area contributed by atoms with Gasteiger partial charge in [-0.25, -0.2) is 4.52 Å². The summed E-state index contributed by atoms with van der Waals surface area (Å²) in [6.07, 6.45) is 0. The van der Waals surface area contributed by atoms with E-state index in [9.17, 15) is 0 Å². The third-order valence-electron chi connectivity index (χ3n) is 10.6. The fraction of sp³-hybridized carbons (Fsp3) is 0. The number of hydrogen-bond donors (Lipinski definition) is 0. The van der Waals surface area contributed by atoms with Crippen LogP contribution in [0.5, 0.6) is 0 Å².